The summed E-state index contributed by atoms with van der Waals surface area (Å²) in [6, 6.07) is 19.5. The molecule has 0 aromatic heterocycles. The summed E-state index contributed by atoms with van der Waals surface area (Å²) in [7, 11) is 0. The number of esters is 1. The molecule has 4 rings (SSSR count). The van der Waals surface area contributed by atoms with Crippen LogP contribution in [0, 0.1) is 0 Å². The highest BCUT2D eigenvalue weighted by molar-refractivity contribution is 6.12. The molecule has 0 saturated heterocycles. The molecular formula is C27H25NO6. The summed E-state index contributed by atoms with van der Waals surface area (Å²) in [6.45, 7) is 3.66. The van der Waals surface area contributed by atoms with Crippen molar-refractivity contribution in [2.75, 3.05) is 11.9 Å². The molecule has 1 aliphatic heterocycles. The Labute approximate surface area is 197 Å². The number of carboxylic acid groups (broad SMARTS) is 1. The maximum absolute atomic E-state index is 13.0. The molecule has 1 heterocycles. The second-order valence-corrected chi connectivity index (χ2v) is 8.28. The van der Waals surface area contributed by atoms with Gasteiger partial charge in [0.15, 0.2) is 5.78 Å². The summed E-state index contributed by atoms with van der Waals surface area (Å²) in [5, 5.41) is 12.8. The summed E-state index contributed by atoms with van der Waals surface area (Å²) in [4.78, 5) is 37.4. The standard InChI is InChI=1S/C27H25NO6/c1-3-33-26(32)27(2,15-24(29)30)21-10-6-7-11-22(21)28-18-12-13-20-23(14-18)34-16-17-8-4-5-9-19(17)25(20)31/h4-14,28H,3,15-16H2,1-2H3,(H,29,30). The van der Waals surface area contributed by atoms with Crippen LogP contribution < -0.4 is 10.1 Å². The Morgan fingerprint density at radius 1 is 1.06 bits per heavy atom. The van der Waals surface area contributed by atoms with Crippen LogP contribution in [0.4, 0.5) is 11.4 Å². The van der Waals surface area contributed by atoms with Crippen molar-refractivity contribution in [3.63, 3.8) is 0 Å². The van der Waals surface area contributed by atoms with Crippen LogP contribution in [0.15, 0.2) is 66.7 Å². The Morgan fingerprint density at radius 2 is 1.79 bits per heavy atom. The highest BCUT2D eigenvalue weighted by atomic mass is 16.5. The number of carbonyl (C=O) groups excluding carboxylic acids is 2. The van der Waals surface area contributed by atoms with Crippen LogP contribution in [0.5, 0.6) is 5.75 Å². The van der Waals surface area contributed by atoms with Crippen LogP contribution in [0.1, 0.15) is 47.3 Å². The zero-order valence-corrected chi connectivity index (χ0v) is 19.0. The number of aliphatic carboxylic acids is 1. The Bertz CT molecular complexity index is 1270. The molecule has 7 nitrogen and oxygen atoms in total. The van der Waals surface area contributed by atoms with Crippen LogP contribution in [0.2, 0.25) is 0 Å². The third kappa shape index (κ3) is 4.37. The van der Waals surface area contributed by atoms with Gasteiger partial charge in [0.1, 0.15) is 17.8 Å². The molecule has 2 N–H and O–H groups in total. The number of anilines is 2. The second kappa shape index (κ2) is 9.39. The van der Waals surface area contributed by atoms with E-state index in [1.54, 1.807) is 62.4 Å². The lowest BCUT2D eigenvalue weighted by atomic mass is 9.78. The monoisotopic (exact) mass is 459 g/mol. The lowest BCUT2D eigenvalue weighted by Crippen LogP contribution is -2.37. The smallest absolute Gasteiger partial charge is 0.316 e. The molecule has 0 bridgehead atoms. The molecule has 7 heteroatoms. The minimum Gasteiger partial charge on any atom is -0.488 e. The first kappa shape index (κ1) is 23.0. The van der Waals surface area contributed by atoms with E-state index in [0.717, 1.165) is 5.56 Å². The normalized spacial score (nSPS) is 14.0. The summed E-state index contributed by atoms with van der Waals surface area (Å²) >= 11 is 0. The van der Waals surface area contributed by atoms with E-state index in [-0.39, 0.29) is 19.0 Å². The molecule has 0 fully saturated rings. The zero-order valence-electron chi connectivity index (χ0n) is 19.0. The number of hydrogen-bond donors (Lipinski definition) is 2. The van der Waals surface area contributed by atoms with Gasteiger partial charge in [-0.25, -0.2) is 0 Å². The van der Waals surface area contributed by atoms with Crippen LogP contribution >= 0.6 is 0 Å². The van der Waals surface area contributed by atoms with Crippen molar-refractivity contribution in [3.8, 4) is 5.75 Å². The number of nitrogens with one attached hydrogen (secondary N) is 1. The first-order valence-corrected chi connectivity index (χ1v) is 11.0. The van der Waals surface area contributed by atoms with Gasteiger partial charge in [-0.2, -0.15) is 0 Å². The summed E-state index contributed by atoms with van der Waals surface area (Å²) in [5.74, 6) is -1.38. The largest absolute Gasteiger partial charge is 0.488 e. The van der Waals surface area contributed by atoms with Crippen LogP contribution in [-0.4, -0.2) is 29.4 Å². The van der Waals surface area contributed by atoms with Gasteiger partial charge in [-0.05, 0) is 37.6 Å². The van der Waals surface area contributed by atoms with Gasteiger partial charge < -0.3 is 19.9 Å². The number of carbonyl (C=O) groups is 3. The lowest BCUT2D eigenvalue weighted by Gasteiger charge is -2.28. The van der Waals surface area contributed by atoms with E-state index in [4.69, 9.17) is 9.47 Å². The number of rotatable bonds is 7. The number of hydrogen-bond acceptors (Lipinski definition) is 6. The minimum atomic E-state index is -1.40. The number of ether oxygens (including phenoxy) is 2. The molecule has 0 saturated carbocycles. The van der Waals surface area contributed by atoms with E-state index in [9.17, 15) is 19.5 Å². The average Bonchev–Trinajstić information content (AvgIpc) is 2.96. The third-order valence-electron chi connectivity index (χ3n) is 5.90. The fraction of sp³-hybridized carbons (Fsp3) is 0.222. The van der Waals surface area contributed by atoms with Gasteiger partial charge in [-0.3, -0.25) is 14.4 Å². The van der Waals surface area contributed by atoms with E-state index < -0.39 is 23.8 Å². The fourth-order valence-electron chi connectivity index (χ4n) is 4.17. The second-order valence-electron chi connectivity index (χ2n) is 8.28. The molecule has 3 aromatic carbocycles. The quantitative estimate of drug-likeness (QED) is 0.487. The Balaban J connectivity index is 1.69. The van der Waals surface area contributed by atoms with Crippen molar-refractivity contribution in [1.82, 2.24) is 0 Å². The topological polar surface area (TPSA) is 102 Å². The Hall–Kier alpha value is -4.13. The fourth-order valence-corrected chi connectivity index (χ4v) is 4.17. The number of benzene rings is 3. The van der Waals surface area contributed by atoms with Crippen molar-refractivity contribution < 1.29 is 29.0 Å². The van der Waals surface area contributed by atoms with Crippen LogP contribution in [-0.2, 0) is 26.3 Å². The van der Waals surface area contributed by atoms with Gasteiger partial charge in [0.05, 0.1) is 18.6 Å². The molecule has 174 valence electrons. The first-order valence-electron chi connectivity index (χ1n) is 11.0. The Kier molecular flexibility index (Phi) is 6.36. The molecule has 0 spiro atoms. The van der Waals surface area contributed by atoms with E-state index in [1.807, 2.05) is 18.2 Å². The molecule has 1 unspecified atom stereocenters. The molecule has 0 radical (unpaired) electrons. The maximum Gasteiger partial charge on any atom is 0.316 e. The van der Waals surface area contributed by atoms with Gasteiger partial charge in [0, 0.05) is 28.6 Å². The molecule has 34 heavy (non-hydrogen) atoms. The highest BCUT2D eigenvalue weighted by Gasteiger charge is 2.41. The minimum absolute atomic E-state index is 0.105. The number of ketones is 1. The van der Waals surface area contributed by atoms with E-state index >= 15 is 0 Å². The molecule has 0 aliphatic carbocycles. The SMILES string of the molecule is CCOC(=O)C(C)(CC(=O)O)c1ccccc1Nc1ccc2c(c1)OCc1ccccc1C2=O. The van der Waals surface area contributed by atoms with Gasteiger partial charge >= 0.3 is 11.9 Å². The predicted octanol–water partition coefficient (Wildman–Crippen LogP) is 4.85. The van der Waals surface area contributed by atoms with E-state index in [0.29, 0.717) is 33.8 Å². The third-order valence-corrected chi connectivity index (χ3v) is 5.90. The van der Waals surface area contributed by atoms with Crippen molar-refractivity contribution in [1.29, 1.82) is 0 Å². The van der Waals surface area contributed by atoms with Crippen molar-refractivity contribution >= 4 is 29.1 Å². The van der Waals surface area contributed by atoms with Gasteiger partial charge in [-0.1, -0.05) is 42.5 Å². The molecule has 1 aliphatic rings. The molecule has 3 aromatic rings. The molecule has 1 atom stereocenters. The van der Waals surface area contributed by atoms with Gasteiger partial charge in [-0.15, -0.1) is 0 Å². The summed E-state index contributed by atoms with van der Waals surface area (Å²) < 4.78 is 11.1. The molecular weight excluding hydrogens is 434 g/mol. The maximum atomic E-state index is 13.0. The van der Waals surface area contributed by atoms with Gasteiger partial charge in [0.25, 0.3) is 0 Å². The number of para-hydroxylation sites is 1. The number of fused-ring (bicyclic) bond motifs is 2. The zero-order chi connectivity index (χ0) is 24.3. The number of carboxylic acids is 1. The van der Waals surface area contributed by atoms with Crippen LogP contribution in [0.25, 0.3) is 0 Å². The summed E-state index contributed by atoms with van der Waals surface area (Å²) in [6.07, 6.45) is -0.426. The lowest BCUT2D eigenvalue weighted by molar-refractivity contribution is -0.154. The van der Waals surface area contributed by atoms with Crippen molar-refractivity contribution in [2.24, 2.45) is 0 Å². The summed E-state index contributed by atoms with van der Waals surface area (Å²) in [5.41, 5.74) is 2.19. The van der Waals surface area contributed by atoms with Gasteiger partial charge in [0.2, 0.25) is 0 Å². The van der Waals surface area contributed by atoms with Crippen molar-refractivity contribution in [2.45, 2.75) is 32.3 Å². The van der Waals surface area contributed by atoms with Crippen LogP contribution in [0.3, 0.4) is 0 Å². The highest BCUT2D eigenvalue weighted by Crippen LogP contribution is 2.37. The first-order chi connectivity index (χ1) is 16.3. The predicted molar refractivity (Wildman–Crippen MR) is 127 cm³/mol. The Morgan fingerprint density at radius 3 is 2.56 bits per heavy atom. The molecule has 0 amide bonds. The van der Waals surface area contributed by atoms with E-state index in [1.165, 1.54) is 0 Å². The average molecular weight is 459 g/mol. The van der Waals surface area contributed by atoms with Crippen molar-refractivity contribution in [3.05, 3.63) is 89.0 Å². The van der Waals surface area contributed by atoms with E-state index in [2.05, 4.69) is 5.32 Å².